The number of ether oxygens (including phenoxy) is 6. The van der Waals surface area contributed by atoms with Gasteiger partial charge in [-0.1, -0.05) is 0 Å². The molecule has 0 aliphatic heterocycles. The molecule has 6 amide bonds. The average molecular weight is 1030 g/mol. The second-order valence-corrected chi connectivity index (χ2v) is 23.2. The Bertz CT molecular complexity index is 1930. The Labute approximate surface area is 424 Å². The highest BCUT2D eigenvalue weighted by Gasteiger charge is 2.35. The van der Waals surface area contributed by atoms with Crippen LogP contribution < -0.4 is 32.3 Å². The lowest BCUT2D eigenvalue weighted by Gasteiger charge is -2.27. The fourth-order valence-corrected chi connectivity index (χ4v) is 5.90. The first kappa shape index (κ1) is 66.0. The molecule has 0 aromatic rings. The third kappa shape index (κ3) is 32.8. The van der Waals surface area contributed by atoms with Crippen molar-refractivity contribution in [3.05, 3.63) is 0 Å². The van der Waals surface area contributed by atoms with E-state index in [-0.39, 0.29) is 25.7 Å². The zero-order chi connectivity index (χ0) is 56.4. The Morgan fingerprint density at radius 3 is 0.875 bits per heavy atom. The average Bonchev–Trinajstić information content (AvgIpc) is 3.13. The van der Waals surface area contributed by atoms with Crippen LogP contribution in [0.2, 0.25) is 0 Å². The summed E-state index contributed by atoms with van der Waals surface area (Å²) < 4.78 is 32.5. The quantitative estimate of drug-likeness (QED) is 0.0595. The number of esters is 5. The van der Waals surface area contributed by atoms with Crippen LogP contribution in [0.4, 0.5) is 4.79 Å². The van der Waals surface area contributed by atoms with Crippen LogP contribution in [0.3, 0.4) is 0 Å². The van der Waals surface area contributed by atoms with Crippen molar-refractivity contribution in [3.63, 3.8) is 0 Å². The van der Waals surface area contributed by atoms with E-state index >= 15 is 0 Å². The van der Waals surface area contributed by atoms with Gasteiger partial charge in [-0.05, 0) is 150 Å². The largest absolute Gasteiger partial charge is 0.460 e. The maximum Gasteiger partial charge on any atom is 0.408 e. The van der Waals surface area contributed by atoms with Crippen molar-refractivity contribution in [2.75, 3.05) is 0 Å². The van der Waals surface area contributed by atoms with Crippen molar-refractivity contribution in [2.24, 2.45) is 5.73 Å². The van der Waals surface area contributed by atoms with E-state index in [9.17, 15) is 52.7 Å². The van der Waals surface area contributed by atoms with Crippen molar-refractivity contribution in [2.45, 2.75) is 246 Å². The van der Waals surface area contributed by atoms with Crippen molar-refractivity contribution in [3.8, 4) is 0 Å². The number of primary amides is 1. The van der Waals surface area contributed by atoms with Gasteiger partial charge in [-0.3, -0.25) is 28.8 Å². The van der Waals surface area contributed by atoms with Gasteiger partial charge in [0, 0.05) is 25.7 Å². The van der Waals surface area contributed by atoms with E-state index in [4.69, 9.17) is 34.2 Å². The Hall–Kier alpha value is -6.03. The molecule has 412 valence electrons. The summed E-state index contributed by atoms with van der Waals surface area (Å²) in [6, 6.07) is -7.28. The lowest BCUT2D eigenvalue weighted by Crippen LogP contribution is -2.54. The molecule has 23 nitrogen and oxygen atoms in total. The number of hydrogen-bond donors (Lipinski definition) is 6. The molecule has 0 fully saturated rings. The molecule has 0 aliphatic rings. The van der Waals surface area contributed by atoms with Gasteiger partial charge < -0.3 is 60.7 Å². The summed E-state index contributed by atoms with van der Waals surface area (Å²) in [5.41, 5.74) is -0.506. The van der Waals surface area contributed by atoms with Crippen molar-refractivity contribution < 1.29 is 81.2 Å². The second-order valence-electron chi connectivity index (χ2n) is 23.2. The molecule has 0 saturated carbocycles. The van der Waals surface area contributed by atoms with Gasteiger partial charge in [-0.15, -0.1) is 0 Å². The number of carbonyl (C=O) groups excluding carboxylic acids is 11. The number of nitrogens with one attached hydrogen (secondary N) is 5. The summed E-state index contributed by atoms with van der Waals surface area (Å²) in [6.45, 7) is 28.8. The second kappa shape index (κ2) is 27.7. The number of nitrogens with two attached hydrogens (primary N) is 1. The summed E-state index contributed by atoms with van der Waals surface area (Å²) in [7, 11) is 0. The maximum absolute atomic E-state index is 13.5. The van der Waals surface area contributed by atoms with Crippen LogP contribution in [0.5, 0.6) is 0 Å². The summed E-state index contributed by atoms with van der Waals surface area (Å²) >= 11 is 0. The molecule has 0 radical (unpaired) electrons. The van der Waals surface area contributed by atoms with Crippen LogP contribution in [0.15, 0.2) is 0 Å². The summed E-state index contributed by atoms with van der Waals surface area (Å²) in [5.74, 6) is -8.57. The molecular weight excluding hydrogens is 945 g/mol. The van der Waals surface area contributed by atoms with Gasteiger partial charge in [0.25, 0.3) is 0 Å². The minimum atomic E-state index is -1.59. The van der Waals surface area contributed by atoms with Crippen molar-refractivity contribution in [1.29, 1.82) is 0 Å². The highest BCUT2D eigenvalue weighted by Crippen LogP contribution is 2.18. The van der Waals surface area contributed by atoms with Gasteiger partial charge in [0.15, 0.2) is 0 Å². The molecule has 0 aromatic carbocycles. The van der Waals surface area contributed by atoms with Gasteiger partial charge in [0.1, 0.15) is 63.8 Å². The van der Waals surface area contributed by atoms with Crippen molar-refractivity contribution in [1.82, 2.24) is 26.6 Å². The van der Waals surface area contributed by atoms with Crippen LogP contribution in [0.1, 0.15) is 182 Å². The molecule has 0 aromatic heterocycles. The Morgan fingerprint density at radius 2 is 0.611 bits per heavy atom. The monoisotopic (exact) mass is 1030 g/mol. The summed E-state index contributed by atoms with van der Waals surface area (Å²) in [4.78, 5) is 144. The predicted molar refractivity (Wildman–Crippen MR) is 261 cm³/mol. The number of carbonyl (C=O) groups is 11. The third-order valence-corrected chi connectivity index (χ3v) is 8.54. The van der Waals surface area contributed by atoms with E-state index in [1.165, 1.54) is 0 Å². The molecule has 0 aliphatic carbocycles. The Morgan fingerprint density at radius 1 is 0.347 bits per heavy atom. The topological polar surface area (TPSA) is 329 Å². The molecule has 5 atom stereocenters. The first-order chi connectivity index (χ1) is 32.3. The van der Waals surface area contributed by atoms with E-state index < -0.39 is 161 Å². The zero-order valence-electron chi connectivity index (χ0n) is 45.8. The minimum absolute atomic E-state index is 0.161. The lowest BCUT2D eigenvalue weighted by atomic mass is 10.1. The maximum atomic E-state index is 13.5. The van der Waals surface area contributed by atoms with Gasteiger partial charge in [-0.2, -0.15) is 0 Å². The van der Waals surface area contributed by atoms with Gasteiger partial charge in [0.05, 0.1) is 6.42 Å². The Balaban J connectivity index is 6.38. The molecule has 0 heterocycles. The van der Waals surface area contributed by atoms with Gasteiger partial charge in [-0.25, -0.2) is 24.0 Å². The zero-order valence-corrected chi connectivity index (χ0v) is 45.8. The number of hydrogen-bond acceptors (Lipinski definition) is 17. The van der Waals surface area contributed by atoms with Crippen LogP contribution in [-0.4, -0.2) is 129 Å². The normalized spacial score (nSPS) is 14.3. The van der Waals surface area contributed by atoms with E-state index in [1.54, 1.807) is 125 Å². The molecule has 7 N–H and O–H groups in total. The predicted octanol–water partition coefficient (Wildman–Crippen LogP) is 3.52. The molecule has 0 bridgehead atoms. The molecule has 23 heteroatoms. The van der Waals surface area contributed by atoms with Crippen molar-refractivity contribution >= 4 is 65.5 Å². The summed E-state index contributed by atoms with van der Waals surface area (Å²) in [6.07, 6.45) is -4.65. The number of amides is 6. The number of alkyl carbamates (subject to hydrolysis) is 1. The molecule has 0 saturated heterocycles. The SMILES string of the molecule is CC(C)(C)OC(=O)CC[C@H](NC(=O)CC[C@H](NC(=O)CC[C@H](NC(=O)CC[C@H](NC(=O)[C@H](CC(N)=O)NC(=O)OC(C)(C)C)C(=O)OC(C)(C)C)C(=O)OC(C)(C)C)C(=O)OC(C)(C)C)C(=O)OC(C)(C)C. The lowest BCUT2D eigenvalue weighted by molar-refractivity contribution is -0.161. The standard InChI is InChI=1S/C49H84N6O17/c1-44(2,3)67-37(60)26-22-30(41(64)70-47(10,11)12)53-35(58)24-20-28(39(62)68-45(4,5)6)51-34(57)23-19-29(40(63)69-46(7,8)9)52-36(59)25-21-31(42(65)71-48(13,14)15)54-38(61)32(27-33(50)56)55-43(66)72-49(16,17)18/h28-32H,19-27H2,1-18H3,(H2,50,56)(H,51,57)(H,52,59)(H,53,58)(H,54,61)(H,55,66)/t28-,29-,30-,31-,32-/m0/s1. The molecule has 0 unspecified atom stereocenters. The fourth-order valence-electron chi connectivity index (χ4n) is 5.90. The van der Waals surface area contributed by atoms with Crippen LogP contribution in [0.25, 0.3) is 0 Å². The summed E-state index contributed by atoms with van der Waals surface area (Å²) in [5, 5.41) is 12.2. The minimum Gasteiger partial charge on any atom is -0.460 e. The fraction of sp³-hybridized carbons (Fsp3) is 0.776. The van der Waals surface area contributed by atoms with Crippen LogP contribution in [0, 0.1) is 0 Å². The highest BCUT2D eigenvalue weighted by molar-refractivity contribution is 5.93. The first-order valence-corrected chi connectivity index (χ1v) is 23.9. The Kier molecular flexibility index (Phi) is 25.4. The van der Waals surface area contributed by atoms with E-state index in [0.717, 1.165) is 0 Å². The highest BCUT2D eigenvalue weighted by atomic mass is 16.6. The third-order valence-electron chi connectivity index (χ3n) is 8.54. The van der Waals surface area contributed by atoms with Gasteiger partial charge >= 0.3 is 35.9 Å². The molecule has 72 heavy (non-hydrogen) atoms. The van der Waals surface area contributed by atoms with Crippen LogP contribution in [-0.2, 0) is 76.4 Å². The number of rotatable bonds is 24. The van der Waals surface area contributed by atoms with Gasteiger partial charge in [0.2, 0.25) is 29.5 Å². The van der Waals surface area contributed by atoms with Crippen LogP contribution >= 0.6 is 0 Å². The smallest absolute Gasteiger partial charge is 0.408 e. The molecule has 0 spiro atoms. The first-order valence-electron chi connectivity index (χ1n) is 23.9. The molecular formula is C49H84N6O17. The van der Waals surface area contributed by atoms with E-state index in [0.29, 0.717) is 0 Å². The van der Waals surface area contributed by atoms with E-state index in [2.05, 4.69) is 26.6 Å². The molecule has 0 rings (SSSR count). The van der Waals surface area contributed by atoms with E-state index in [1.807, 2.05) is 0 Å².